The van der Waals surface area contributed by atoms with E-state index in [1.807, 2.05) is 11.7 Å². The molecule has 0 amide bonds. The van der Waals surface area contributed by atoms with Gasteiger partial charge in [0.15, 0.2) is 0 Å². The van der Waals surface area contributed by atoms with Gasteiger partial charge in [0.2, 0.25) is 0 Å². The van der Waals surface area contributed by atoms with Crippen LogP contribution in [0.25, 0.3) is 0 Å². The van der Waals surface area contributed by atoms with Crippen LogP contribution in [0.4, 0.5) is 0 Å². The van der Waals surface area contributed by atoms with Gasteiger partial charge in [-0.2, -0.15) is 5.10 Å². The van der Waals surface area contributed by atoms with Gasteiger partial charge >= 0.3 is 0 Å². The van der Waals surface area contributed by atoms with Crippen LogP contribution in [0.1, 0.15) is 59.4 Å². The molecule has 4 heteroatoms. The van der Waals surface area contributed by atoms with E-state index in [1.54, 1.807) is 0 Å². The summed E-state index contributed by atoms with van der Waals surface area (Å²) in [6.07, 6.45) is 1.98. The van der Waals surface area contributed by atoms with Gasteiger partial charge in [-0.3, -0.25) is 4.68 Å². The second-order valence-electron chi connectivity index (χ2n) is 7.16. The van der Waals surface area contributed by atoms with Gasteiger partial charge in [0.25, 0.3) is 0 Å². The summed E-state index contributed by atoms with van der Waals surface area (Å²) in [7, 11) is 1.96. The van der Waals surface area contributed by atoms with E-state index in [2.05, 4.69) is 52.0 Å². The molecule has 0 fully saturated rings. The molecule has 0 spiro atoms. The molecule has 1 aromatic heterocycles. The summed E-state index contributed by atoms with van der Waals surface area (Å²) in [6.45, 7) is 14.1. The van der Waals surface area contributed by atoms with Gasteiger partial charge in [-0.1, -0.05) is 39.3 Å². The van der Waals surface area contributed by atoms with Gasteiger partial charge in [-0.25, -0.2) is 0 Å². The Hall–Kier alpha value is -0.540. The minimum atomic E-state index is 0.0816. The fraction of sp³-hybridized carbons (Fsp3) is 0.800. The van der Waals surface area contributed by atoms with Crippen molar-refractivity contribution >= 4 is 11.6 Å². The number of hydrogen-bond donors (Lipinski definition) is 1. The number of aromatic nitrogens is 2. The number of nitrogens with zero attached hydrogens (tertiary/aromatic N) is 2. The molecule has 0 bridgehead atoms. The van der Waals surface area contributed by atoms with E-state index in [-0.39, 0.29) is 5.54 Å². The smallest absolute Gasteiger partial charge is 0.0863 e. The molecular formula is C15H28ClN3. The predicted molar refractivity (Wildman–Crippen MR) is 82.6 cm³/mol. The third-order valence-electron chi connectivity index (χ3n) is 3.21. The first-order valence-corrected chi connectivity index (χ1v) is 7.39. The van der Waals surface area contributed by atoms with Crippen molar-refractivity contribution < 1.29 is 0 Å². The maximum absolute atomic E-state index is 6.37. The van der Waals surface area contributed by atoms with Crippen LogP contribution in [0.15, 0.2) is 0 Å². The fourth-order valence-electron chi connectivity index (χ4n) is 2.72. The first-order chi connectivity index (χ1) is 8.56. The van der Waals surface area contributed by atoms with Gasteiger partial charge < -0.3 is 5.32 Å². The van der Waals surface area contributed by atoms with Crippen molar-refractivity contribution in [1.82, 2.24) is 15.1 Å². The molecule has 1 N–H and O–H groups in total. The maximum atomic E-state index is 6.37. The third-order valence-corrected chi connectivity index (χ3v) is 3.65. The number of halogens is 1. The first kappa shape index (κ1) is 16.5. The normalized spacial score (nSPS) is 13.1. The molecule has 0 aliphatic rings. The monoisotopic (exact) mass is 285 g/mol. The molecule has 0 aromatic carbocycles. The summed E-state index contributed by atoms with van der Waals surface area (Å²) in [5.74, 6) is 0. The Balaban J connectivity index is 2.74. The van der Waals surface area contributed by atoms with Crippen LogP contribution in [0, 0.1) is 5.41 Å². The van der Waals surface area contributed by atoms with E-state index in [0.717, 1.165) is 35.8 Å². The molecular weight excluding hydrogens is 258 g/mol. The molecule has 0 saturated carbocycles. The molecule has 1 rings (SSSR count). The van der Waals surface area contributed by atoms with Crippen LogP contribution < -0.4 is 5.32 Å². The molecule has 3 nitrogen and oxygen atoms in total. The zero-order chi connectivity index (χ0) is 14.8. The van der Waals surface area contributed by atoms with E-state index in [1.165, 1.54) is 0 Å². The van der Waals surface area contributed by atoms with Crippen LogP contribution in [0.5, 0.6) is 0 Å². The van der Waals surface area contributed by atoms with Gasteiger partial charge in [0.1, 0.15) is 0 Å². The van der Waals surface area contributed by atoms with Crippen molar-refractivity contribution in [1.29, 1.82) is 0 Å². The first-order valence-electron chi connectivity index (χ1n) is 7.01. The van der Waals surface area contributed by atoms with E-state index in [9.17, 15) is 0 Å². The van der Waals surface area contributed by atoms with Crippen LogP contribution >= 0.6 is 11.6 Å². The minimum absolute atomic E-state index is 0.0816. The summed E-state index contributed by atoms with van der Waals surface area (Å²) < 4.78 is 1.89. The van der Waals surface area contributed by atoms with Crippen molar-refractivity contribution in [3.8, 4) is 0 Å². The highest BCUT2D eigenvalue weighted by molar-refractivity contribution is 6.31. The van der Waals surface area contributed by atoms with E-state index >= 15 is 0 Å². The SMILES string of the molecule is CCc1nn(C)c(CNC(C)(C)CC(C)(C)C)c1Cl. The lowest BCUT2D eigenvalue weighted by Gasteiger charge is -2.33. The molecule has 0 saturated heterocycles. The van der Waals surface area contributed by atoms with E-state index < -0.39 is 0 Å². The zero-order valence-corrected chi connectivity index (χ0v) is 14.1. The topological polar surface area (TPSA) is 29.9 Å². The Bertz CT molecular complexity index is 427. The summed E-state index contributed by atoms with van der Waals surface area (Å²) in [6, 6.07) is 0. The highest BCUT2D eigenvalue weighted by atomic mass is 35.5. The molecule has 0 atom stereocenters. The van der Waals surface area contributed by atoms with Crippen molar-refractivity contribution in [2.45, 2.75) is 66.5 Å². The fourth-order valence-corrected chi connectivity index (χ4v) is 3.08. The highest BCUT2D eigenvalue weighted by Gasteiger charge is 2.25. The molecule has 0 aliphatic carbocycles. The number of nitrogens with one attached hydrogen (secondary N) is 1. The molecule has 1 heterocycles. The number of rotatable bonds is 5. The summed E-state index contributed by atoms with van der Waals surface area (Å²) in [4.78, 5) is 0. The molecule has 0 aliphatic heterocycles. The Kier molecular flexibility index (Phi) is 5.08. The van der Waals surface area contributed by atoms with Crippen LogP contribution in [-0.2, 0) is 20.0 Å². The third kappa shape index (κ3) is 4.81. The largest absolute Gasteiger partial charge is 0.306 e. The van der Waals surface area contributed by atoms with E-state index in [4.69, 9.17) is 11.6 Å². The molecule has 0 radical (unpaired) electrons. The molecule has 1 aromatic rings. The standard InChI is InChI=1S/C15H28ClN3/c1-8-11-13(16)12(19(7)18-11)9-17-15(5,6)10-14(2,3)4/h17H,8-10H2,1-7H3. The zero-order valence-electron chi connectivity index (χ0n) is 13.4. The summed E-state index contributed by atoms with van der Waals surface area (Å²) in [5.41, 5.74) is 2.44. The Morgan fingerprint density at radius 3 is 2.21 bits per heavy atom. The lowest BCUT2D eigenvalue weighted by molar-refractivity contribution is 0.239. The van der Waals surface area contributed by atoms with Gasteiger partial charge in [-0.15, -0.1) is 0 Å². The van der Waals surface area contributed by atoms with Crippen molar-refractivity contribution in [3.05, 3.63) is 16.4 Å². The van der Waals surface area contributed by atoms with Crippen LogP contribution in [-0.4, -0.2) is 15.3 Å². The molecule has 19 heavy (non-hydrogen) atoms. The maximum Gasteiger partial charge on any atom is 0.0863 e. The van der Waals surface area contributed by atoms with Gasteiger partial charge in [0, 0.05) is 19.1 Å². The average Bonchev–Trinajstić information content (AvgIpc) is 2.48. The van der Waals surface area contributed by atoms with Gasteiger partial charge in [0.05, 0.1) is 16.4 Å². The Labute approximate surface area is 122 Å². The highest BCUT2D eigenvalue weighted by Crippen LogP contribution is 2.28. The van der Waals surface area contributed by atoms with Crippen LogP contribution in [0.3, 0.4) is 0 Å². The lowest BCUT2D eigenvalue weighted by atomic mass is 9.82. The van der Waals surface area contributed by atoms with Crippen molar-refractivity contribution in [3.63, 3.8) is 0 Å². The molecule has 110 valence electrons. The number of hydrogen-bond acceptors (Lipinski definition) is 2. The van der Waals surface area contributed by atoms with Crippen LogP contribution in [0.2, 0.25) is 5.02 Å². The predicted octanol–water partition coefficient (Wildman–Crippen LogP) is 3.94. The minimum Gasteiger partial charge on any atom is -0.306 e. The molecule has 0 unspecified atom stereocenters. The Morgan fingerprint density at radius 1 is 1.21 bits per heavy atom. The van der Waals surface area contributed by atoms with E-state index in [0.29, 0.717) is 5.41 Å². The summed E-state index contributed by atoms with van der Waals surface area (Å²) >= 11 is 6.37. The quantitative estimate of drug-likeness (QED) is 0.888. The summed E-state index contributed by atoms with van der Waals surface area (Å²) in [5, 5.41) is 8.86. The van der Waals surface area contributed by atoms with Crippen molar-refractivity contribution in [2.24, 2.45) is 12.5 Å². The second-order valence-corrected chi connectivity index (χ2v) is 7.54. The second kappa shape index (κ2) is 5.84. The lowest BCUT2D eigenvalue weighted by Crippen LogP contribution is -2.42. The van der Waals surface area contributed by atoms with Crippen molar-refractivity contribution in [2.75, 3.05) is 0 Å². The Morgan fingerprint density at radius 2 is 1.79 bits per heavy atom. The van der Waals surface area contributed by atoms with Gasteiger partial charge in [-0.05, 0) is 32.1 Å². The average molecular weight is 286 g/mol. The number of aryl methyl sites for hydroxylation is 2.